The first kappa shape index (κ1) is 10.8. The number of methoxy groups -OCH3 is 1. The summed E-state index contributed by atoms with van der Waals surface area (Å²) >= 11 is 2.07. The third-order valence-corrected chi connectivity index (χ3v) is 2.50. The summed E-state index contributed by atoms with van der Waals surface area (Å²) in [6, 6.07) is 0. The van der Waals surface area contributed by atoms with Crippen molar-refractivity contribution in [1.29, 1.82) is 0 Å². The van der Waals surface area contributed by atoms with Crippen molar-refractivity contribution in [1.82, 2.24) is 0 Å². The molecule has 0 N–H and O–H groups in total. The van der Waals surface area contributed by atoms with E-state index in [1.54, 1.807) is 6.92 Å². The van der Waals surface area contributed by atoms with E-state index < -0.39 is 0 Å². The van der Waals surface area contributed by atoms with Crippen LogP contribution in [-0.4, -0.2) is 24.6 Å². The van der Waals surface area contributed by atoms with Gasteiger partial charge in [-0.05, 0) is 24.3 Å². The fourth-order valence-electron chi connectivity index (χ4n) is 0.655. The molecule has 0 bridgehead atoms. The van der Waals surface area contributed by atoms with Crippen LogP contribution in [0.25, 0.3) is 0 Å². The van der Waals surface area contributed by atoms with Crippen molar-refractivity contribution in [2.24, 2.45) is 0 Å². The van der Waals surface area contributed by atoms with E-state index in [9.17, 15) is 4.79 Å². The summed E-state index contributed by atoms with van der Waals surface area (Å²) in [4.78, 5) is 9.96. The molecule has 1 saturated heterocycles. The second-order valence-electron chi connectivity index (χ2n) is 2.25. The summed E-state index contributed by atoms with van der Waals surface area (Å²) in [5.41, 5.74) is 0. The van der Waals surface area contributed by atoms with Crippen molar-refractivity contribution in [3.63, 3.8) is 0 Å². The Balaban J connectivity index is 0.000000183. The van der Waals surface area contributed by atoms with Crippen LogP contribution in [-0.2, 0) is 9.53 Å². The second kappa shape index (κ2) is 7.92. The van der Waals surface area contributed by atoms with Gasteiger partial charge in [0.25, 0.3) is 0 Å². The van der Waals surface area contributed by atoms with Crippen molar-refractivity contribution >= 4 is 17.7 Å². The standard InChI is InChI=1S/C4H8O2.C4H8S/c1-3-4(5)6-2;1-2-4-5-3-1/h3H2,1-2H3;1-4H2. The van der Waals surface area contributed by atoms with Gasteiger partial charge in [0.05, 0.1) is 7.11 Å². The summed E-state index contributed by atoms with van der Waals surface area (Å²) in [6.07, 6.45) is 3.39. The van der Waals surface area contributed by atoms with E-state index in [1.807, 2.05) is 0 Å². The molecule has 0 aliphatic carbocycles. The highest BCUT2D eigenvalue weighted by Crippen LogP contribution is 2.14. The number of esters is 1. The van der Waals surface area contributed by atoms with E-state index in [1.165, 1.54) is 31.5 Å². The topological polar surface area (TPSA) is 26.3 Å². The Hall–Kier alpha value is -0.180. The van der Waals surface area contributed by atoms with Crippen LogP contribution in [0.15, 0.2) is 0 Å². The van der Waals surface area contributed by atoms with Gasteiger partial charge in [-0.25, -0.2) is 0 Å². The lowest BCUT2D eigenvalue weighted by atomic mass is 10.4. The maximum atomic E-state index is 9.96. The van der Waals surface area contributed by atoms with Gasteiger partial charge < -0.3 is 4.74 Å². The number of thioether (sulfide) groups is 1. The predicted molar refractivity (Wildman–Crippen MR) is 48.9 cm³/mol. The number of hydrogen-bond donors (Lipinski definition) is 0. The first-order valence-electron chi connectivity index (χ1n) is 3.95. The lowest BCUT2D eigenvalue weighted by molar-refractivity contribution is -0.140. The van der Waals surface area contributed by atoms with Gasteiger partial charge in [-0.2, -0.15) is 11.8 Å². The number of ether oxygens (including phenoxy) is 1. The van der Waals surface area contributed by atoms with Gasteiger partial charge in [0.15, 0.2) is 0 Å². The van der Waals surface area contributed by atoms with Crippen LogP contribution in [0.5, 0.6) is 0 Å². The summed E-state index contributed by atoms with van der Waals surface area (Å²) in [5, 5.41) is 0. The fourth-order valence-corrected chi connectivity index (χ4v) is 1.68. The normalized spacial score (nSPS) is 15.1. The van der Waals surface area contributed by atoms with Crippen LogP contribution in [0.2, 0.25) is 0 Å². The Morgan fingerprint density at radius 1 is 1.45 bits per heavy atom. The average molecular weight is 176 g/mol. The number of rotatable bonds is 1. The Morgan fingerprint density at radius 2 is 2.00 bits per heavy atom. The molecule has 0 unspecified atom stereocenters. The molecule has 1 rings (SSSR count). The van der Waals surface area contributed by atoms with Gasteiger partial charge in [-0.1, -0.05) is 6.92 Å². The van der Waals surface area contributed by atoms with E-state index >= 15 is 0 Å². The number of carbonyl (C=O) groups excluding carboxylic acids is 1. The van der Waals surface area contributed by atoms with Crippen molar-refractivity contribution in [2.45, 2.75) is 26.2 Å². The molecule has 2 nitrogen and oxygen atoms in total. The fraction of sp³-hybridized carbons (Fsp3) is 0.875. The minimum Gasteiger partial charge on any atom is -0.469 e. The Labute approximate surface area is 72.7 Å². The van der Waals surface area contributed by atoms with Gasteiger partial charge in [0.2, 0.25) is 0 Å². The molecule has 1 aliphatic rings. The molecule has 0 aromatic carbocycles. The summed E-state index contributed by atoms with van der Waals surface area (Å²) in [7, 11) is 1.38. The lowest BCUT2D eigenvalue weighted by Crippen LogP contribution is -1.94. The average Bonchev–Trinajstić information content (AvgIpc) is 2.60. The first-order valence-corrected chi connectivity index (χ1v) is 5.11. The van der Waals surface area contributed by atoms with Crippen molar-refractivity contribution in [3.8, 4) is 0 Å². The molecule has 1 heterocycles. The van der Waals surface area contributed by atoms with E-state index in [4.69, 9.17) is 0 Å². The van der Waals surface area contributed by atoms with Crippen LogP contribution < -0.4 is 0 Å². The molecule has 66 valence electrons. The second-order valence-corrected chi connectivity index (χ2v) is 3.47. The zero-order chi connectivity index (χ0) is 8.53. The van der Waals surface area contributed by atoms with E-state index in [0.717, 1.165) is 0 Å². The molecule has 0 amide bonds. The van der Waals surface area contributed by atoms with Crippen molar-refractivity contribution < 1.29 is 9.53 Å². The zero-order valence-corrected chi connectivity index (χ0v) is 8.08. The van der Waals surface area contributed by atoms with Crippen molar-refractivity contribution in [3.05, 3.63) is 0 Å². The molecule has 0 aromatic heterocycles. The molecule has 0 spiro atoms. The largest absolute Gasteiger partial charge is 0.469 e. The monoisotopic (exact) mass is 176 g/mol. The minimum absolute atomic E-state index is 0.157. The maximum absolute atomic E-state index is 9.96. The third-order valence-electron chi connectivity index (χ3n) is 1.34. The van der Waals surface area contributed by atoms with Crippen LogP contribution in [0, 0.1) is 0 Å². The van der Waals surface area contributed by atoms with Crippen LogP contribution in [0.1, 0.15) is 26.2 Å². The molecule has 0 radical (unpaired) electrons. The summed E-state index contributed by atoms with van der Waals surface area (Å²) < 4.78 is 4.26. The van der Waals surface area contributed by atoms with E-state index in [2.05, 4.69) is 16.5 Å². The van der Waals surface area contributed by atoms with Crippen molar-refractivity contribution in [2.75, 3.05) is 18.6 Å². The van der Waals surface area contributed by atoms with Crippen LogP contribution >= 0.6 is 11.8 Å². The summed E-state index contributed by atoms with van der Waals surface area (Å²) in [5.74, 6) is 2.68. The molecule has 3 heteroatoms. The predicted octanol–water partition coefficient (Wildman–Crippen LogP) is 2.08. The SMILES string of the molecule is C1CCSC1.CCC(=O)OC. The number of carbonyl (C=O) groups is 1. The first-order chi connectivity index (χ1) is 5.31. The van der Waals surface area contributed by atoms with Gasteiger partial charge in [0.1, 0.15) is 0 Å². The smallest absolute Gasteiger partial charge is 0.305 e. The Morgan fingerprint density at radius 3 is 2.09 bits per heavy atom. The van der Waals surface area contributed by atoms with Gasteiger partial charge in [-0.3, -0.25) is 4.79 Å². The zero-order valence-electron chi connectivity index (χ0n) is 7.26. The van der Waals surface area contributed by atoms with E-state index in [-0.39, 0.29) is 5.97 Å². The summed E-state index contributed by atoms with van der Waals surface area (Å²) in [6.45, 7) is 1.76. The lowest BCUT2D eigenvalue weighted by Gasteiger charge is -1.87. The molecule has 11 heavy (non-hydrogen) atoms. The highest BCUT2D eigenvalue weighted by atomic mass is 32.2. The maximum Gasteiger partial charge on any atom is 0.305 e. The van der Waals surface area contributed by atoms with Crippen LogP contribution in [0.3, 0.4) is 0 Å². The molecule has 0 saturated carbocycles. The number of hydrogen-bond acceptors (Lipinski definition) is 3. The minimum atomic E-state index is -0.157. The van der Waals surface area contributed by atoms with Gasteiger partial charge >= 0.3 is 5.97 Å². The molecule has 1 fully saturated rings. The highest BCUT2D eigenvalue weighted by molar-refractivity contribution is 7.99. The molecule has 0 atom stereocenters. The van der Waals surface area contributed by atoms with Gasteiger partial charge in [0, 0.05) is 6.42 Å². The van der Waals surface area contributed by atoms with E-state index in [0.29, 0.717) is 6.42 Å². The van der Waals surface area contributed by atoms with Gasteiger partial charge in [-0.15, -0.1) is 0 Å². The molecular weight excluding hydrogens is 160 g/mol. The molecular formula is C8H16O2S. The molecule has 0 aromatic rings. The Kier molecular flexibility index (Phi) is 7.79. The quantitative estimate of drug-likeness (QED) is 0.572. The Bertz CT molecular complexity index is 86.7. The highest BCUT2D eigenvalue weighted by Gasteiger charge is 1.95. The molecule has 1 aliphatic heterocycles. The van der Waals surface area contributed by atoms with Crippen LogP contribution in [0.4, 0.5) is 0 Å². The third kappa shape index (κ3) is 7.72.